The molecular weight excluding hydrogens is 919 g/mol. The molecule has 0 atom stereocenters. The van der Waals surface area contributed by atoms with Gasteiger partial charge in [-0.15, -0.1) is 0 Å². The normalized spacial score (nSPS) is 10.9. The van der Waals surface area contributed by atoms with E-state index in [2.05, 4.69) is 13.2 Å². The zero-order valence-electron chi connectivity index (χ0n) is 43.7. The molecular formula is C60H84F2O10. The first-order valence-electron chi connectivity index (χ1n) is 27.0. The molecule has 3 aromatic carbocycles. The predicted molar refractivity (Wildman–Crippen MR) is 281 cm³/mol. The van der Waals surface area contributed by atoms with Gasteiger partial charge in [0, 0.05) is 23.3 Å². The van der Waals surface area contributed by atoms with Crippen LogP contribution in [-0.4, -0.2) is 50.3 Å². The van der Waals surface area contributed by atoms with E-state index in [1.807, 2.05) is 0 Å². The van der Waals surface area contributed by atoms with E-state index in [9.17, 15) is 28.0 Å². The van der Waals surface area contributed by atoms with Crippen molar-refractivity contribution in [1.29, 1.82) is 0 Å². The number of ether oxygens (including phenoxy) is 6. The average Bonchev–Trinajstić information content (AvgIpc) is 3.35. The summed E-state index contributed by atoms with van der Waals surface area (Å²) in [7, 11) is 0. The number of carbonyl (C=O) groups is 4. The molecule has 0 aromatic heterocycles. The van der Waals surface area contributed by atoms with Gasteiger partial charge in [-0.1, -0.05) is 167 Å². The second-order valence-corrected chi connectivity index (χ2v) is 19.0. The van der Waals surface area contributed by atoms with Crippen molar-refractivity contribution in [2.45, 2.75) is 194 Å². The van der Waals surface area contributed by atoms with Gasteiger partial charge in [0.25, 0.3) is 0 Å². The Morgan fingerprint density at radius 1 is 0.361 bits per heavy atom. The maximum atomic E-state index is 14.9. The number of hydrogen-bond donors (Lipinski definition) is 0. The summed E-state index contributed by atoms with van der Waals surface area (Å²) < 4.78 is 62.3. The van der Waals surface area contributed by atoms with E-state index < -0.39 is 23.6 Å². The number of halogens is 2. The average molecular weight is 1000 g/mol. The van der Waals surface area contributed by atoms with Gasteiger partial charge >= 0.3 is 23.9 Å². The zero-order valence-corrected chi connectivity index (χ0v) is 43.7. The molecule has 0 bridgehead atoms. The first-order chi connectivity index (χ1) is 34.9. The van der Waals surface area contributed by atoms with Crippen molar-refractivity contribution in [1.82, 2.24) is 0 Å². The molecule has 0 fully saturated rings. The van der Waals surface area contributed by atoms with Crippen molar-refractivity contribution in [3.8, 4) is 23.0 Å². The summed E-state index contributed by atoms with van der Waals surface area (Å²) in [6, 6.07) is 13.7. The zero-order chi connectivity index (χ0) is 52.0. The quantitative estimate of drug-likeness (QED) is 0.0234. The molecule has 0 radical (unpaired) electrons. The fraction of sp³-hybridized carbons (Fsp3) is 0.567. The highest BCUT2D eigenvalue weighted by atomic mass is 19.1. The summed E-state index contributed by atoms with van der Waals surface area (Å²) >= 11 is 0. The molecule has 0 heterocycles. The predicted octanol–water partition coefficient (Wildman–Crippen LogP) is 16.3. The maximum Gasteiger partial charge on any atom is 0.346 e. The van der Waals surface area contributed by atoms with Gasteiger partial charge in [-0.2, -0.15) is 0 Å². The van der Waals surface area contributed by atoms with E-state index in [-0.39, 0.29) is 34.6 Å². The number of hydrogen-bond acceptors (Lipinski definition) is 10. The van der Waals surface area contributed by atoms with Crippen LogP contribution in [0.4, 0.5) is 8.78 Å². The summed E-state index contributed by atoms with van der Waals surface area (Å²) in [5.74, 6) is -3.02. The maximum absolute atomic E-state index is 14.9. The minimum Gasteiger partial charge on any atom is -0.493 e. The summed E-state index contributed by atoms with van der Waals surface area (Å²) in [5, 5.41) is 0. The first kappa shape index (κ1) is 60.8. The van der Waals surface area contributed by atoms with Gasteiger partial charge in [0.15, 0.2) is 0 Å². The Hall–Kier alpha value is -5.52. The van der Waals surface area contributed by atoms with Crippen LogP contribution in [0.3, 0.4) is 0 Å². The van der Waals surface area contributed by atoms with Crippen molar-refractivity contribution in [2.75, 3.05) is 26.4 Å². The van der Waals surface area contributed by atoms with Gasteiger partial charge in [-0.05, 0) is 88.1 Å². The van der Waals surface area contributed by atoms with E-state index in [4.69, 9.17) is 28.4 Å². The Kier molecular flexibility index (Phi) is 32.2. The Labute approximate surface area is 429 Å². The van der Waals surface area contributed by atoms with E-state index in [1.54, 1.807) is 26.0 Å². The van der Waals surface area contributed by atoms with Crippen molar-refractivity contribution >= 4 is 23.9 Å². The number of benzene rings is 3. The minimum absolute atomic E-state index is 0.108. The van der Waals surface area contributed by atoms with Crippen molar-refractivity contribution in [3.05, 3.63) is 108 Å². The van der Waals surface area contributed by atoms with Crippen LogP contribution < -0.4 is 18.9 Å². The number of rotatable bonds is 42. The van der Waals surface area contributed by atoms with Crippen LogP contribution in [0.5, 0.6) is 23.0 Å². The largest absolute Gasteiger partial charge is 0.493 e. The van der Waals surface area contributed by atoms with E-state index >= 15 is 0 Å². The molecule has 10 nitrogen and oxygen atoms in total. The molecule has 72 heavy (non-hydrogen) atoms. The molecule has 0 saturated carbocycles. The van der Waals surface area contributed by atoms with Crippen LogP contribution in [0.15, 0.2) is 85.0 Å². The fourth-order valence-electron chi connectivity index (χ4n) is 8.01. The van der Waals surface area contributed by atoms with Crippen molar-refractivity contribution < 1.29 is 56.4 Å². The van der Waals surface area contributed by atoms with Crippen LogP contribution in [0.25, 0.3) is 0 Å². The Morgan fingerprint density at radius 2 is 0.597 bits per heavy atom. The molecule has 0 aliphatic heterocycles. The SMILES string of the molecule is C=C(C)C(=O)OCCCCCCCCCCCCCCCCOc1ccc(C(=O)Oc2ccc(OC(=O)c3ccc(OCCCCCCCCCCCCCCCCOC(=O)C(=C)C)cc3F)cc2)c(F)c1. The first-order valence-corrected chi connectivity index (χ1v) is 27.0. The van der Waals surface area contributed by atoms with Crippen LogP contribution >= 0.6 is 0 Å². The van der Waals surface area contributed by atoms with Gasteiger partial charge in [0.05, 0.1) is 37.6 Å². The minimum atomic E-state index is -0.892. The van der Waals surface area contributed by atoms with Crippen molar-refractivity contribution in [2.24, 2.45) is 0 Å². The van der Waals surface area contributed by atoms with Crippen LogP contribution in [0.1, 0.15) is 214 Å². The van der Waals surface area contributed by atoms with Gasteiger partial charge in [-0.25, -0.2) is 28.0 Å². The van der Waals surface area contributed by atoms with Crippen LogP contribution in [-0.2, 0) is 19.1 Å². The van der Waals surface area contributed by atoms with E-state index in [0.29, 0.717) is 49.1 Å². The summed E-state index contributed by atoms with van der Waals surface area (Å²) in [5.41, 5.74) is 0.399. The number of carbonyl (C=O) groups excluding carboxylic acids is 4. The second kappa shape index (κ2) is 38.1. The molecule has 0 spiro atoms. The molecule has 3 aromatic rings. The third-order valence-electron chi connectivity index (χ3n) is 12.3. The van der Waals surface area contributed by atoms with Gasteiger partial charge in [0.1, 0.15) is 34.6 Å². The molecule has 0 unspecified atom stereocenters. The highest BCUT2D eigenvalue weighted by Crippen LogP contribution is 2.25. The third kappa shape index (κ3) is 27.9. The molecule has 398 valence electrons. The van der Waals surface area contributed by atoms with E-state index in [0.717, 1.165) is 64.2 Å². The molecule has 3 rings (SSSR count). The summed E-state index contributed by atoms with van der Waals surface area (Å²) in [4.78, 5) is 48.3. The summed E-state index contributed by atoms with van der Waals surface area (Å²) in [6.45, 7) is 12.4. The van der Waals surface area contributed by atoms with Crippen LogP contribution in [0, 0.1) is 11.6 Å². The summed E-state index contributed by atoms with van der Waals surface area (Å²) in [6.07, 6.45) is 32.3. The smallest absolute Gasteiger partial charge is 0.346 e. The molecule has 0 aliphatic carbocycles. The Morgan fingerprint density at radius 3 is 0.847 bits per heavy atom. The monoisotopic (exact) mass is 1000 g/mol. The molecule has 12 heteroatoms. The molecule has 0 aliphatic rings. The third-order valence-corrected chi connectivity index (χ3v) is 12.3. The lowest BCUT2D eigenvalue weighted by Crippen LogP contribution is -2.12. The second-order valence-electron chi connectivity index (χ2n) is 19.0. The van der Waals surface area contributed by atoms with Crippen LogP contribution in [0.2, 0.25) is 0 Å². The topological polar surface area (TPSA) is 124 Å². The Balaban J connectivity index is 1.17. The van der Waals surface area contributed by atoms with Gasteiger partial charge < -0.3 is 28.4 Å². The standard InChI is InChI=1S/C60H84F2O10/c1-47(2)57(63)69-43-31-27-23-19-15-11-7-5-9-13-17-21-25-29-41-67-51-37-39-53(55(61)45-51)59(65)71-49-33-35-50(36-34-49)72-60(66)54-40-38-52(46-56(54)62)68-42-30-26-22-18-14-10-6-8-12-16-20-24-28-32-44-70-58(64)48(3)4/h33-40,45-46H,1,3,5-32,41-44H2,2,4H3. The molecule has 0 N–H and O–H groups in total. The van der Waals surface area contributed by atoms with Gasteiger partial charge in [-0.3, -0.25) is 0 Å². The fourth-order valence-corrected chi connectivity index (χ4v) is 8.01. The molecule has 0 saturated heterocycles. The highest BCUT2D eigenvalue weighted by molar-refractivity contribution is 5.92. The lowest BCUT2D eigenvalue weighted by Gasteiger charge is -2.10. The Bertz CT molecular complexity index is 1900. The van der Waals surface area contributed by atoms with E-state index in [1.165, 1.54) is 164 Å². The lowest BCUT2D eigenvalue weighted by molar-refractivity contribution is -0.139. The van der Waals surface area contributed by atoms with Crippen molar-refractivity contribution in [3.63, 3.8) is 0 Å². The number of unbranched alkanes of at least 4 members (excludes halogenated alkanes) is 26. The molecule has 0 amide bonds. The highest BCUT2D eigenvalue weighted by Gasteiger charge is 2.18. The number of esters is 4. The van der Waals surface area contributed by atoms with Gasteiger partial charge in [0.2, 0.25) is 0 Å². The lowest BCUT2D eigenvalue weighted by atomic mass is 10.0.